The molecule has 5 heteroatoms. The molecule has 0 aromatic carbocycles. The predicted octanol–water partition coefficient (Wildman–Crippen LogP) is 3.62. The van der Waals surface area contributed by atoms with E-state index < -0.39 is 5.60 Å². The molecule has 1 amide bonds. The van der Waals surface area contributed by atoms with Crippen LogP contribution in [0.3, 0.4) is 0 Å². The lowest BCUT2D eigenvalue weighted by atomic mass is 9.90. The standard InChI is InChI=1S/C18H36N2O3/c1-13(12-18(5,6)22-7)19-14-8-10-15(11-9-14)20-16(21)23-17(2,3)4/h13-15,19H,8-12H2,1-7H3,(H,20,21). The largest absolute Gasteiger partial charge is 0.444 e. The molecule has 0 saturated heterocycles. The van der Waals surface area contributed by atoms with Gasteiger partial charge in [-0.1, -0.05) is 0 Å². The molecule has 136 valence electrons. The third kappa shape index (κ3) is 8.56. The van der Waals surface area contributed by atoms with Crippen molar-refractivity contribution in [2.24, 2.45) is 0 Å². The Bertz CT molecular complexity index is 369. The maximum absolute atomic E-state index is 11.8. The Morgan fingerprint density at radius 1 is 1.09 bits per heavy atom. The van der Waals surface area contributed by atoms with Gasteiger partial charge in [-0.3, -0.25) is 0 Å². The number of rotatable bonds is 6. The fraction of sp³-hybridized carbons (Fsp3) is 0.944. The van der Waals surface area contributed by atoms with Gasteiger partial charge in [0.2, 0.25) is 0 Å². The number of ether oxygens (including phenoxy) is 2. The third-order valence-electron chi connectivity index (χ3n) is 4.32. The van der Waals surface area contributed by atoms with Crippen LogP contribution in [-0.4, -0.2) is 42.5 Å². The van der Waals surface area contributed by atoms with Crippen LogP contribution in [0.2, 0.25) is 0 Å². The van der Waals surface area contributed by atoms with Crippen molar-refractivity contribution in [3.8, 4) is 0 Å². The van der Waals surface area contributed by atoms with Crippen LogP contribution >= 0.6 is 0 Å². The molecule has 1 fully saturated rings. The Morgan fingerprint density at radius 3 is 2.09 bits per heavy atom. The third-order valence-corrected chi connectivity index (χ3v) is 4.32. The van der Waals surface area contributed by atoms with Crippen LogP contribution in [0, 0.1) is 0 Å². The van der Waals surface area contributed by atoms with Gasteiger partial charge in [0.15, 0.2) is 0 Å². The molecular weight excluding hydrogens is 292 g/mol. The summed E-state index contributed by atoms with van der Waals surface area (Å²) < 4.78 is 10.8. The minimum atomic E-state index is -0.438. The molecule has 1 saturated carbocycles. The van der Waals surface area contributed by atoms with E-state index in [4.69, 9.17) is 9.47 Å². The Balaban J connectivity index is 2.29. The summed E-state index contributed by atoms with van der Waals surface area (Å²) in [6.45, 7) is 12.1. The van der Waals surface area contributed by atoms with Crippen molar-refractivity contribution >= 4 is 6.09 Å². The minimum Gasteiger partial charge on any atom is -0.444 e. The number of carbonyl (C=O) groups is 1. The lowest BCUT2D eigenvalue weighted by Gasteiger charge is -2.34. The first kappa shape index (κ1) is 20.2. The van der Waals surface area contributed by atoms with Crippen LogP contribution in [0.1, 0.15) is 73.6 Å². The summed E-state index contributed by atoms with van der Waals surface area (Å²) in [5, 5.41) is 6.69. The predicted molar refractivity (Wildman–Crippen MR) is 93.7 cm³/mol. The number of alkyl carbamates (subject to hydrolysis) is 1. The Hall–Kier alpha value is -0.810. The molecule has 1 unspecified atom stereocenters. The first-order valence-corrected chi connectivity index (χ1v) is 8.81. The molecular formula is C18H36N2O3. The topological polar surface area (TPSA) is 59.6 Å². The lowest BCUT2D eigenvalue weighted by molar-refractivity contribution is 0.00708. The van der Waals surface area contributed by atoms with E-state index in [1.165, 1.54) is 0 Å². The second kappa shape index (κ2) is 8.34. The van der Waals surface area contributed by atoms with Gasteiger partial charge in [-0.15, -0.1) is 0 Å². The van der Waals surface area contributed by atoms with Gasteiger partial charge in [0, 0.05) is 25.2 Å². The first-order valence-electron chi connectivity index (χ1n) is 8.81. The average Bonchev–Trinajstić information content (AvgIpc) is 2.38. The SMILES string of the molecule is COC(C)(C)CC(C)NC1CCC(NC(=O)OC(C)(C)C)CC1. The van der Waals surface area contributed by atoms with E-state index >= 15 is 0 Å². The highest BCUT2D eigenvalue weighted by Crippen LogP contribution is 2.22. The number of carbonyl (C=O) groups excluding carboxylic acids is 1. The summed E-state index contributed by atoms with van der Waals surface area (Å²) in [7, 11) is 1.76. The highest BCUT2D eigenvalue weighted by Gasteiger charge is 2.27. The van der Waals surface area contributed by atoms with Crippen LogP contribution in [0.15, 0.2) is 0 Å². The van der Waals surface area contributed by atoms with E-state index in [0.717, 1.165) is 32.1 Å². The van der Waals surface area contributed by atoms with Crippen molar-refractivity contribution in [1.82, 2.24) is 10.6 Å². The molecule has 0 spiro atoms. The molecule has 0 bridgehead atoms. The second-order valence-corrected chi connectivity index (χ2v) is 8.43. The summed E-state index contributed by atoms with van der Waals surface area (Å²) >= 11 is 0. The Morgan fingerprint density at radius 2 is 1.61 bits per heavy atom. The summed E-state index contributed by atoms with van der Waals surface area (Å²) in [5.74, 6) is 0. The normalized spacial score (nSPS) is 24.1. The van der Waals surface area contributed by atoms with Crippen molar-refractivity contribution < 1.29 is 14.3 Å². The van der Waals surface area contributed by atoms with Gasteiger partial charge in [0.05, 0.1) is 5.60 Å². The molecule has 0 aliphatic heterocycles. The van der Waals surface area contributed by atoms with Crippen molar-refractivity contribution in [3.05, 3.63) is 0 Å². The molecule has 0 radical (unpaired) electrons. The van der Waals surface area contributed by atoms with E-state index in [2.05, 4.69) is 31.4 Å². The van der Waals surface area contributed by atoms with E-state index in [-0.39, 0.29) is 17.7 Å². The molecule has 0 aromatic rings. The van der Waals surface area contributed by atoms with Crippen LogP contribution in [-0.2, 0) is 9.47 Å². The molecule has 1 rings (SSSR count). The Kier molecular flexibility index (Phi) is 7.33. The number of hydrogen-bond donors (Lipinski definition) is 2. The van der Waals surface area contributed by atoms with Crippen LogP contribution in [0.4, 0.5) is 4.79 Å². The number of hydrogen-bond acceptors (Lipinski definition) is 4. The van der Waals surface area contributed by atoms with E-state index in [9.17, 15) is 4.79 Å². The maximum Gasteiger partial charge on any atom is 0.407 e. The maximum atomic E-state index is 11.8. The second-order valence-electron chi connectivity index (χ2n) is 8.43. The molecule has 1 aliphatic carbocycles. The molecule has 0 heterocycles. The van der Waals surface area contributed by atoms with Crippen LogP contribution < -0.4 is 10.6 Å². The summed E-state index contributed by atoms with van der Waals surface area (Å²) in [4.78, 5) is 11.8. The molecule has 1 aliphatic rings. The molecule has 2 N–H and O–H groups in total. The van der Waals surface area contributed by atoms with Crippen molar-refractivity contribution in [2.45, 2.75) is 103 Å². The van der Waals surface area contributed by atoms with Crippen LogP contribution in [0.25, 0.3) is 0 Å². The Labute approximate surface area is 141 Å². The van der Waals surface area contributed by atoms with Gasteiger partial charge in [-0.2, -0.15) is 0 Å². The highest BCUT2D eigenvalue weighted by atomic mass is 16.6. The van der Waals surface area contributed by atoms with Crippen molar-refractivity contribution in [3.63, 3.8) is 0 Å². The first-order chi connectivity index (χ1) is 10.5. The quantitative estimate of drug-likeness (QED) is 0.782. The van der Waals surface area contributed by atoms with Gasteiger partial charge in [0.1, 0.15) is 5.60 Å². The van der Waals surface area contributed by atoms with Crippen molar-refractivity contribution in [2.75, 3.05) is 7.11 Å². The van der Waals surface area contributed by atoms with Gasteiger partial charge >= 0.3 is 6.09 Å². The monoisotopic (exact) mass is 328 g/mol. The fourth-order valence-electron chi connectivity index (χ4n) is 3.16. The number of methoxy groups -OCH3 is 1. The minimum absolute atomic E-state index is 0.0953. The highest BCUT2D eigenvalue weighted by molar-refractivity contribution is 5.68. The van der Waals surface area contributed by atoms with E-state index in [0.29, 0.717) is 12.1 Å². The number of amides is 1. The summed E-state index contributed by atoms with van der Waals surface area (Å²) in [5.41, 5.74) is -0.533. The molecule has 5 nitrogen and oxygen atoms in total. The van der Waals surface area contributed by atoms with Crippen LogP contribution in [0.5, 0.6) is 0 Å². The van der Waals surface area contributed by atoms with Gasteiger partial charge in [0.25, 0.3) is 0 Å². The zero-order valence-corrected chi connectivity index (χ0v) is 16.0. The zero-order valence-electron chi connectivity index (χ0n) is 16.0. The van der Waals surface area contributed by atoms with E-state index in [1.807, 2.05) is 20.8 Å². The van der Waals surface area contributed by atoms with Gasteiger partial charge < -0.3 is 20.1 Å². The number of nitrogens with one attached hydrogen (secondary N) is 2. The van der Waals surface area contributed by atoms with Crippen molar-refractivity contribution in [1.29, 1.82) is 0 Å². The van der Waals surface area contributed by atoms with Gasteiger partial charge in [-0.25, -0.2) is 4.79 Å². The lowest BCUT2D eigenvalue weighted by Crippen LogP contribution is -2.46. The molecule has 23 heavy (non-hydrogen) atoms. The molecule has 1 atom stereocenters. The zero-order chi connectivity index (χ0) is 17.7. The smallest absolute Gasteiger partial charge is 0.407 e. The average molecular weight is 328 g/mol. The van der Waals surface area contributed by atoms with E-state index in [1.54, 1.807) is 7.11 Å². The van der Waals surface area contributed by atoms with Gasteiger partial charge in [-0.05, 0) is 73.6 Å². The molecule has 0 aromatic heterocycles. The fourth-order valence-corrected chi connectivity index (χ4v) is 3.16. The summed E-state index contributed by atoms with van der Waals surface area (Å²) in [6, 6.07) is 1.17. The summed E-state index contributed by atoms with van der Waals surface area (Å²) in [6.07, 6.45) is 4.84.